The van der Waals surface area contributed by atoms with Gasteiger partial charge in [0.1, 0.15) is 5.75 Å². The van der Waals surface area contributed by atoms with Crippen molar-refractivity contribution in [2.75, 3.05) is 11.9 Å². The summed E-state index contributed by atoms with van der Waals surface area (Å²) in [6, 6.07) is 4.84. The van der Waals surface area contributed by atoms with Crippen LogP contribution in [0, 0.1) is 12.3 Å². The molecule has 12 heavy (non-hydrogen) atoms. The van der Waals surface area contributed by atoms with E-state index in [4.69, 9.17) is 23.1 Å². The third kappa shape index (κ3) is 2.08. The van der Waals surface area contributed by atoms with Crippen LogP contribution in [0.15, 0.2) is 18.2 Å². The van der Waals surface area contributed by atoms with Crippen LogP contribution in [0.2, 0.25) is 5.02 Å². The number of hydrogen-bond donors (Lipinski definition) is 2. The smallest absolute Gasteiger partial charge is 0.134 e. The van der Waals surface area contributed by atoms with Gasteiger partial charge in [-0.05, 0) is 18.2 Å². The maximum absolute atomic E-state index is 9.07. The number of hydrogen-bond acceptors (Lipinski definition) is 2. The van der Waals surface area contributed by atoms with Crippen molar-refractivity contribution in [3.63, 3.8) is 0 Å². The minimum absolute atomic E-state index is 0.0722. The first kappa shape index (κ1) is 8.76. The first-order valence-electron chi connectivity index (χ1n) is 3.40. The van der Waals surface area contributed by atoms with Crippen LogP contribution in [0.3, 0.4) is 0 Å². The van der Waals surface area contributed by atoms with Crippen molar-refractivity contribution >= 4 is 17.3 Å². The lowest BCUT2D eigenvalue weighted by molar-refractivity contribution is 0.475. The normalized spacial score (nSPS) is 9.00. The van der Waals surface area contributed by atoms with Crippen LogP contribution in [-0.4, -0.2) is 11.7 Å². The van der Waals surface area contributed by atoms with Crippen LogP contribution in [0.5, 0.6) is 5.75 Å². The molecule has 0 aromatic heterocycles. The molecule has 0 heterocycles. The Morgan fingerprint density at radius 3 is 2.92 bits per heavy atom. The minimum atomic E-state index is 0.0722. The van der Waals surface area contributed by atoms with E-state index in [9.17, 15) is 0 Å². The van der Waals surface area contributed by atoms with E-state index in [1.54, 1.807) is 12.1 Å². The monoisotopic (exact) mass is 181 g/mol. The average molecular weight is 182 g/mol. The van der Waals surface area contributed by atoms with Gasteiger partial charge < -0.3 is 10.4 Å². The molecule has 0 aliphatic carbocycles. The zero-order valence-electron chi connectivity index (χ0n) is 6.34. The molecule has 1 aromatic carbocycles. The van der Waals surface area contributed by atoms with E-state index in [0.717, 1.165) is 5.69 Å². The Morgan fingerprint density at radius 1 is 1.58 bits per heavy atom. The summed E-state index contributed by atoms with van der Waals surface area (Å²) in [7, 11) is 0. The highest BCUT2D eigenvalue weighted by molar-refractivity contribution is 6.32. The summed E-state index contributed by atoms with van der Waals surface area (Å²) in [5, 5.41) is 12.3. The molecule has 0 aliphatic heterocycles. The van der Waals surface area contributed by atoms with Crippen molar-refractivity contribution < 1.29 is 5.11 Å². The molecule has 0 fully saturated rings. The summed E-state index contributed by atoms with van der Waals surface area (Å²) >= 11 is 5.65. The second-order valence-corrected chi connectivity index (χ2v) is 2.63. The third-order valence-electron chi connectivity index (χ3n) is 1.34. The Morgan fingerprint density at radius 2 is 2.33 bits per heavy atom. The first-order chi connectivity index (χ1) is 5.74. The van der Waals surface area contributed by atoms with Gasteiger partial charge in [-0.3, -0.25) is 0 Å². The molecule has 0 spiro atoms. The molecule has 0 bridgehead atoms. The Balaban J connectivity index is 2.77. The molecule has 1 rings (SSSR count). The van der Waals surface area contributed by atoms with Gasteiger partial charge in [0.25, 0.3) is 0 Å². The van der Waals surface area contributed by atoms with Gasteiger partial charge in [-0.15, -0.1) is 6.42 Å². The first-order valence-corrected chi connectivity index (χ1v) is 3.77. The van der Waals surface area contributed by atoms with Crippen molar-refractivity contribution in [1.29, 1.82) is 0 Å². The third-order valence-corrected chi connectivity index (χ3v) is 1.64. The second-order valence-electron chi connectivity index (χ2n) is 2.22. The largest absolute Gasteiger partial charge is 0.506 e. The van der Waals surface area contributed by atoms with E-state index in [0.29, 0.717) is 11.6 Å². The van der Waals surface area contributed by atoms with E-state index in [-0.39, 0.29) is 5.75 Å². The fraction of sp³-hybridized carbons (Fsp3) is 0.111. The van der Waals surface area contributed by atoms with Gasteiger partial charge in [0, 0.05) is 5.69 Å². The van der Waals surface area contributed by atoms with Crippen molar-refractivity contribution in [3.8, 4) is 18.1 Å². The molecule has 0 aliphatic rings. The summed E-state index contributed by atoms with van der Waals surface area (Å²) in [4.78, 5) is 0. The van der Waals surface area contributed by atoms with Crippen LogP contribution in [-0.2, 0) is 0 Å². The predicted octanol–water partition coefficient (Wildman–Crippen LogP) is 2.09. The van der Waals surface area contributed by atoms with Crippen molar-refractivity contribution in [2.45, 2.75) is 0 Å². The number of anilines is 1. The molecule has 2 nitrogen and oxygen atoms in total. The fourth-order valence-corrected chi connectivity index (χ4v) is 0.950. The van der Waals surface area contributed by atoms with Gasteiger partial charge in [0.05, 0.1) is 11.6 Å². The van der Waals surface area contributed by atoms with Gasteiger partial charge in [-0.1, -0.05) is 17.5 Å². The van der Waals surface area contributed by atoms with Crippen LogP contribution < -0.4 is 5.32 Å². The van der Waals surface area contributed by atoms with Gasteiger partial charge in [0.2, 0.25) is 0 Å². The number of terminal acetylenes is 1. The van der Waals surface area contributed by atoms with E-state index >= 15 is 0 Å². The number of phenols is 1. The highest BCUT2D eigenvalue weighted by Crippen LogP contribution is 2.25. The standard InChI is InChI=1S/C9H8ClNO/c1-2-5-11-7-3-4-9(12)8(10)6-7/h1,3-4,6,11-12H,5H2. The average Bonchev–Trinajstić information content (AvgIpc) is 2.07. The molecule has 62 valence electrons. The van der Waals surface area contributed by atoms with Gasteiger partial charge >= 0.3 is 0 Å². The maximum Gasteiger partial charge on any atom is 0.134 e. The Hall–Kier alpha value is -1.33. The van der Waals surface area contributed by atoms with Crippen molar-refractivity contribution in [3.05, 3.63) is 23.2 Å². The number of benzene rings is 1. The predicted molar refractivity (Wildman–Crippen MR) is 50.4 cm³/mol. The summed E-state index contributed by atoms with van der Waals surface area (Å²) in [5.74, 6) is 2.51. The zero-order chi connectivity index (χ0) is 8.97. The second kappa shape index (κ2) is 3.89. The van der Waals surface area contributed by atoms with E-state index in [2.05, 4.69) is 11.2 Å². The van der Waals surface area contributed by atoms with E-state index in [1.165, 1.54) is 6.07 Å². The zero-order valence-corrected chi connectivity index (χ0v) is 7.10. The molecule has 0 saturated carbocycles. The maximum atomic E-state index is 9.07. The molecule has 0 radical (unpaired) electrons. The molecule has 3 heteroatoms. The topological polar surface area (TPSA) is 32.3 Å². The van der Waals surface area contributed by atoms with Crippen LogP contribution in [0.25, 0.3) is 0 Å². The molecule has 0 unspecified atom stereocenters. The summed E-state index contributed by atoms with van der Waals surface area (Å²) in [5.41, 5.74) is 0.802. The quantitative estimate of drug-likeness (QED) is 0.541. The summed E-state index contributed by atoms with van der Waals surface area (Å²) in [6.45, 7) is 0.446. The molecular formula is C9H8ClNO. The van der Waals surface area contributed by atoms with E-state index < -0.39 is 0 Å². The molecule has 0 atom stereocenters. The van der Waals surface area contributed by atoms with Crippen LogP contribution in [0.1, 0.15) is 0 Å². The summed E-state index contributed by atoms with van der Waals surface area (Å²) < 4.78 is 0. The SMILES string of the molecule is C#CCNc1ccc(O)c(Cl)c1. The highest BCUT2D eigenvalue weighted by Gasteiger charge is 1.97. The Labute approximate surface area is 76.2 Å². The number of aromatic hydroxyl groups is 1. The van der Waals surface area contributed by atoms with E-state index in [1.807, 2.05) is 0 Å². The number of rotatable bonds is 2. The van der Waals surface area contributed by atoms with Crippen molar-refractivity contribution in [2.24, 2.45) is 0 Å². The number of nitrogens with one attached hydrogen (secondary N) is 1. The molecule has 2 N–H and O–H groups in total. The van der Waals surface area contributed by atoms with Gasteiger partial charge in [-0.2, -0.15) is 0 Å². The molecular weight excluding hydrogens is 174 g/mol. The Kier molecular flexibility index (Phi) is 2.84. The molecule has 1 aromatic rings. The number of phenolic OH excluding ortho intramolecular Hbond substituents is 1. The summed E-state index contributed by atoms with van der Waals surface area (Å²) in [6.07, 6.45) is 5.05. The highest BCUT2D eigenvalue weighted by atomic mass is 35.5. The number of halogens is 1. The molecule has 0 saturated heterocycles. The van der Waals surface area contributed by atoms with Crippen LogP contribution in [0.4, 0.5) is 5.69 Å². The lowest BCUT2D eigenvalue weighted by Crippen LogP contribution is -1.97. The lowest BCUT2D eigenvalue weighted by atomic mass is 10.3. The Bertz CT molecular complexity index is 317. The van der Waals surface area contributed by atoms with Gasteiger partial charge in [-0.25, -0.2) is 0 Å². The fourth-order valence-electron chi connectivity index (χ4n) is 0.770. The molecule has 0 amide bonds. The lowest BCUT2D eigenvalue weighted by Gasteiger charge is -2.03. The minimum Gasteiger partial charge on any atom is -0.506 e. The van der Waals surface area contributed by atoms with Crippen molar-refractivity contribution in [1.82, 2.24) is 0 Å². The van der Waals surface area contributed by atoms with Crippen LogP contribution >= 0.6 is 11.6 Å². The van der Waals surface area contributed by atoms with Gasteiger partial charge in [0.15, 0.2) is 0 Å².